The predicted molar refractivity (Wildman–Crippen MR) is 73.1 cm³/mol. The second-order valence-electron chi connectivity index (χ2n) is 4.11. The Kier molecular flexibility index (Phi) is 4.78. The monoisotopic (exact) mass is 263 g/mol. The van der Waals surface area contributed by atoms with Crippen molar-refractivity contribution in [3.63, 3.8) is 0 Å². The number of alkyl halides is 1. The van der Waals surface area contributed by atoms with E-state index in [1.54, 1.807) is 17.1 Å². The highest BCUT2D eigenvalue weighted by Gasteiger charge is 1.99. The zero-order valence-electron chi connectivity index (χ0n) is 11.0. The molecule has 1 aromatic heterocycles. The molecule has 0 aliphatic rings. The zero-order chi connectivity index (χ0) is 13.5. The van der Waals surface area contributed by atoms with Gasteiger partial charge in [0.05, 0.1) is 25.0 Å². The lowest BCUT2D eigenvalue weighted by molar-refractivity contribution is 0.340. The van der Waals surface area contributed by atoms with Crippen molar-refractivity contribution in [2.24, 2.45) is 0 Å². The molecule has 1 aromatic carbocycles. The van der Waals surface area contributed by atoms with Gasteiger partial charge in [-0.15, -0.1) is 0 Å². The Morgan fingerprint density at radius 3 is 2.79 bits per heavy atom. The molecule has 0 saturated heterocycles. The molecule has 0 spiro atoms. The molecule has 0 radical (unpaired) electrons. The lowest BCUT2D eigenvalue weighted by atomic mass is 10.2. The van der Waals surface area contributed by atoms with Gasteiger partial charge in [-0.1, -0.05) is 12.1 Å². The van der Waals surface area contributed by atoms with Crippen LogP contribution < -0.4 is 10.1 Å². The number of aryl methyl sites for hydroxylation is 1. The number of hydrogen-bond acceptors (Lipinski definition) is 3. The zero-order valence-corrected chi connectivity index (χ0v) is 11.0. The van der Waals surface area contributed by atoms with Gasteiger partial charge in [-0.2, -0.15) is 5.10 Å². The van der Waals surface area contributed by atoms with Crippen molar-refractivity contribution < 1.29 is 9.13 Å². The first-order valence-corrected chi connectivity index (χ1v) is 6.36. The molecule has 0 atom stereocenters. The van der Waals surface area contributed by atoms with E-state index in [-0.39, 0.29) is 0 Å². The van der Waals surface area contributed by atoms with E-state index in [4.69, 9.17) is 4.74 Å². The fraction of sp³-hybridized carbons (Fsp3) is 0.357. The van der Waals surface area contributed by atoms with Crippen molar-refractivity contribution in [3.05, 3.63) is 42.2 Å². The molecular formula is C14H18FN3O. The first-order valence-electron chi connectivity index (χ1n) is 6.36. The van der Waals surface area contributed by atoms with E-state index in [2.05, 4.69) is 10.4 Å². The van der Waals surface area contributed by atoms with Gasteiger partial charge in [0, 0.05) is 12.7 Å². The number of ether oxygens (including phenoxy) is 1. The molecule has 0 aliphatic heterocycles. The van der Waals surface area contributed by atoms with Crippen LogP contribution in [0.5, 0.6) is 5.75 Å². The Labute approximate surface area is 112 Å². The Hall–Kier alpha value is -2.04. The van der Waals surface area contributed by atoms with Crippen LogP contribution in [0.25, 0.3) is 0 Å². The Balaban J connectivity index is 1.86. The number of nitrogens with zero attached hydrogens (tertiary/aromatic N) is 2. The highest BCUT2D eigenvalue weighted by Crippen LogP contribution is 2.13. The van der Waals surface area contributed by atoms with Gasteiger partial charge in [0.2, 0.25) is 0 Å². The molecule has 5 heteroatoms. The van der Waals surface area contributed by atoms with Gasteiger partial charge in [-0.25, -0.2) is 4.39 Å². The van der Waals surface area contributed by atoms with E-state index in [1.807, 2.05) is 31.2 Å². The Morgan fingerprint density at radius 1 is 1.32 bits per heavy atom. The first kappa shape index (κ1) is 13.4. The van der Waals surface area contributed by atoms with Gasteiger partial charge in [0.1, 0.15) is 12.4 Å². The van der Waals surface area contributed by atoms with Crippen molar-refractivity contribution in [1.29, 1.82) is 0 Å². The molecule has 0 saturated carbocycles. The van der Waals surface area contributed by atoms with Crippen LogP contribution in [0.1, 0.15) is 12.5 Å². The van der Waals surface area contributed by atoms with Gasteiger partial charge in [-0.05, 0) is 24.6 Å². The number of halogens is 1. The molecule has 1 heterocycles. The summed E-state index contributed by atoms with van der Waals surface area (Å²) in [5, 5.41) is 7.30. The fourth-order valence-corrected chi connectivity index (χ4v) is 1.74. The van der Waals surface area contributed by atoms with Crippen molar-refractivity contribution >= 4 is 5.69 Å². The van der Waals surface area contributed by atoms with Crippen molar-refractivity contribution in [1.82, 2.24) is 9.78 Å². The van der Waals surface area contributed by atoms with E-state index < -0.39 is 6.67 Å². The third-order valence-corrected chi connectivity index (χ3v) is 2.68. The number of aromatic nitrogens is 2. The molecule has 0 fully saturated rings. The molecule has 0 aliphatic carbocycles. The molecule has 1 N–H and O–H groups in total. The second kappa shape index (κ2) is 6.78. The summed E-state index contributed by atoms with van der Waals surface area (Å²) in [4.78, 5) is 0. The summed E-state index contributed by atoms with van der Waals surface area (Å²) in [5.41, 5.74) is 2.05. The molecule has 0 unspecified atom stereocenters. The van der Waals surface area contributed by atoms with Gasteiger partial charge >= 0.3 is 0 Å². The van der Waals surface area contributed by atoms with Crippen LogP contribution >= 0.6 is 0 Å². The third-order valence-electron chi connectivity index (χ3n) is 2.68. The highest BCUT2D eigenvalue weighted by atomic mass is 19.1. The number of hydrogen-bond donors (Lipinski definition) is 1. The van der Waals surface area contributed by atoms with Gasteiger partial charge in [0.25, 0.3) is 0 Å². The maximum absolute atomic E-state index is 12.1. The summed E-state index contributed by atoms with van der Waals surface area (Å²) in [6.45, 7) is 3.23. The fourth-order valence-electron chi connectivity index (χ4n) is 1.74. The number of nitrogens with one attached hydrogen (secondary N) is 1. The maximum Gasteiger partial charge on any atom is 0.119 e. The van der Waals surface area contributed by atoms with E-state index in [0.717, 1.165) is 17.0 Å². The lowest BCUT2D eigenvalue weighted by Gasteiger charge is -2.06. The maximum atomic E-state index is 12.1. The van der Waals surface area contributed by atoms with E-state index in [9.17, 15) is 4.39 Å². The second-order valence-corrected chi connectivity index (χ2v) is 4.11. The lowest BCUT2D eigenvalue weighted by Crippen LogP contribution is -2.00. The summed E-state index contributed by atoms with van der Waals surface area (Å²) in [6, 6.07) is 7.94. The van der Waals surface area contributed by atoms with Crippen molar-refractivity contribution in [3.8, 4) is 5.75 Å². The normalized spacial score (nSPS) is 10.4. The van der Waals surface area contributed by atoms with Crippen LogP contribution in [0.15, 0.2) is 36.7 Å². The first-order chi connectivity index (χ1) is 9.31. The predicted octanol–water partition coefficient (Wildman–Crippen LogP) is 2.86. The van der Waals surface area contributed by atoms with Crippen LogP contribution in [-0.2, 0) is 13.1 Å². The quantitative estimate of drug-likeness (QED) is 0.835. The SMILES string of the molecule is CCOc1ccc(CNc2cnn(CCF)c2)cc1. The van der Waals surface area contributed by atoms with Gasteiger partial charge in [-0.3, -0.25) is 4.68 Å². The summed E-state index contributed by atoms with van der Waals surface area (Å²) < 4.78 is 19.1. The summed E-state index contributed by atoms with van der Waals surface area (Å²) >= 11 is 0. The molecule has 19 heavy (non-hydrogen) atoms. The third kappa shape index (κ3) is 3.98. The molecule has 0 bridgehead atoms. The minimum atomic E-state index is -0.403. The van der Waals surface area contributed by atoms with Gasteiger partial charge < -0.3 is 10.1 Å². The van der Waals surface area contributed by atoms with E-state index in [1.165, 1.54) is 0 Å². The summed E-state index contributed by atoms with van der Waals surface area (Å²) in [6.07, 6.45) is 3.50. The minimum absolute atomic E-state index is 0.296. The summed E-state index contributed by atoms with van der Waals surface area (Å²) in [7, 11) is 0. The van der Waals surface area contributed by atoms with Crippen LogP contribution in [0.4, 0.5) is 10.1 Å². The number of rotatable bonds is 7. The van der Waals surface area contributed by atoms with Crippen molar-refractivity contribution in [2.45, 2.75) is 20.0 Å². The minimum Gasteiger partial charge on any atom is -0.494 e. The standard InChI is InChI=1S/C14H18FN3O/c1-2-19-14-5-3-12(4-6-14)9-16-13-10-17-18(11-13)8-7-15/h3-6,10-11,16H,2,7-9H2,1H3. The van der Waals surface area contributed by atoms with Crippen LogP contribution in [0.2, 0.25) is 0 Å². The molecule has 2 aromatic rings. The average molecular weight is 263 g/mol. The molecule has 4 nitrogen and oxygen atoms in total. The van der Waals surface area contributed by atoms with Crippen LogP contribution in [0.3, 0.4) is 0 Å². The Bertz CT molecular complexity index is 496. The summed E-state index contributed by atoms with van der Waals surface area (Å²) in [5.74, 6) is 0.877. The van der Waals surface area contributed by atoms with Crippen LogP contribution in [0, 0.1) is 0 Å². The topological polar surface area (TPSA) is 39.1 Å². The molecule has 0 amide bonds. The van der Waals surface area contributed by atoms with Crippen molar-refractivity contribution in [2.75, 3.05) is 18.6 Å². The average Bonchev–Trinajstić information content (AvgIpc) is 2.87. The molecule has 2 rings (SSSR count). The highest BCUT2D eigenvalue weighted by molar-refractivity contribution is 5.39. The van der Waals surface area contributed by atoms with Gasteiger partial charge in [0.15, 0.2) is 0 Å². The molecular weight excluding hydrogens is 245 g/mol. The van der Waals surface area contributed by atoms with Crippen LogP contribution in [-0.4, -0.2) is 23.1 Å². The number of anilines is 1. The largest absolute Gasteiger partial charge is 0.494 e. The number of benzene rings is 1. The van der Waals surface area contributed by atoms with E-state index >= 15 is 0 Å². The molecule has 102 valence electrons. The Morgan fingerprint density at radius 2 is 2.11 bits per heavy atom. The smallest absolute Gasteiger partial charge is 0.119 e. The van der Waals surface area contributed by atoms with E-state index in [0.29, 0.717) is 19.7 Å².